The third-order valence-electron chi connectivity index (χ3n) is 17.5. The number of phosphoric ester groups is 2. The summed E-state index contributed by atoms with van der Waals surface area (Å²) in [5.74, 6) is 0.129. The first kappa shape index (κ1) is 91.1. The molecule has 0 bridgehead atoms. The zero-order valence-electron chi connectivity index (χ0n) is 60.7. The van der Waals surface area contributed by atoms with E-state index in [1.807, 2.05) is 0 Å². The maximum absolute atomic E-state index is 13.1. The van der Waals surface area contributed by atoms with Crippen molar-refractivity contribution in [3.63, 3.8) is 0 Å². The third-order valence-corrected chi connectivity index (χ3v) is 19.4. The van der Waals surface area contributed by atoms with Crippen LogP contribution in [0.25, 0.3) is 0 Å². The van der Waals surface area contributed by atoms with E-state index in [1.165, 1.54) is 180 Å². The number of phosphoric acid groups is 2. The van der Waals surface area contributed by atoms with E-state index in [9.17, 15) is 43.2 Å². The molecule has 19 heteroatoms. The molecule has 0 aromatic heterocycles. The van der Waals surface area contributed by atoms with Crippen molar-refractivity contribution in [3.8, 4) is 0 Å². The van der Waals surface area contributed by atoms with E-state index in [4.69, 9.17) is 37.0 Å². The number of esters is 4. The van der Waals surface area contributed by atoms with Gasteiger partial charge < -0.3 is 33.8 Å². The maximum atomic E-state index is 13.1. The molecule has 0 rings (SSSR count). The Kier molecular flexibility index (Phi) is 63.4. The number of carbonyl (C=O) groups is 4. The normalized spacial score (nSPS) is 14.4. The smallest absolute Gasteiger partial charge is 0.462 e. The van der Waals surface area contributed by atoms with Gasteiger partial charge in [0.2, 0.25) is 0 Å². The van der Waals surface area contributed by atoms with Crippen LogP contribution >= 0.6 is 15.6 Å². The topological polar surface area (TPSA) is 237 Å². The third kappa shape index (κ3) is 67.0. The first-order valence-electron chi connectivity index (χ1n) is 38.4. The van der Waals surface area contributed by atoms with Gasteiger partial charge in [-0.1, -0.05) is 325 Å². The SMILES string of the molecule is CCCCCCCCCCCCCCCCC(=O)OC[C@H](COP(=O)(O)OC[C@@H](O)COP(=O)(O)OC[C@@H](COC(=O)CCCCCCCCC(C)C)OC(=O)CCCCCCCCCCC(C)CC)OC(=O)CCCCCCCCCCCCCCCCCC(C)C. The summed E-state index contributed by atoms with van der Waals surface area (Å²) in [7, 11) is -9.91. The second-order valence-electron chi connectivity index (χ2n) is 27.9. The van der Waals surface area contributed by atoms with Crippen molar-refractivity contribution < 1.29 is 80.2 Å². The Balaban J connectivity index is 5.24. The van der Waals surface area contributed by atoms with Gasteiger partial charge in [0.05, 0.1) is 26.4 Å². The van der Waals surface area contributed by atoms with Gasteiger partial charge >= 0.3 is 39.5 Å². The summed E-state index contributed by atoms with van der Waals surface area (Å²) >= 11 is 0. The van der Waals surface area contributed by atoms with Crippen LogP contribution in [0, 0.1) is 17.8 Å². The van der Waals surface area contributed by atoms with Gasteiger partial charge in [0.1, 0.15) is 19.3 Å². The highest BCUT2D eigenvalue weighted by Gasteiger charge is 2.30. The number of hydrogen-bond donors (Lipinski definition) is 3. The lowest BCUT2D eigenvalue weighted by atomic mass is 9.99. The number of ether oxygens (including phenoxy) is 4. The van der Waals surface area contributed by atoms with E-state index in [0.29, 0.717) is 31.6 Å². The molecule has 552 valence electrons. The average molecular weight is 1370 g/mol. The highest BCUT2D eigenvalue weighted by Crippen LogP contribution is 2.45. The summed E-state index contributed by atoms with van der Waals surface area (Å²) in [5, 5.41) is 10.6. The zero-order valence-corrected chi connectivity index (χ0v) is 62.5. The molecule has 17 nitrogen and oxygen atoms in total. The lowest BCUT2D eigenvalue weighted by Gasteiger charge is -2.21. The van der Waals surface area contributed by atoms with E-state index in [2.05, 4.69) is 48.5 Å². The number of unbranched alkanes of at least 4 members (excludes halogenated alkanes) is 39. The summed E-state index contributed by atoms with van der Waals surface area (Å²) in [6, 6.07) is 0. The lowest BCUT2D eigenvalue weighted by Crippen LogP contribution is -2.30. The molecule has 0 aromatic carbocycles. The van der Waals surface area contributed by atoms with E-state index >= 15 is 0 Å². The first-order chi connectivity index (χ1) is 44.8. The molecular formula is C74H144O17P2. The van der Waals surface area contributed by atoms with E-state index in [0.717, 1.165) is 108 Å². The van der Waals surface area contributed by atoms with E-state index in [1.54, 1.807) is 0 Å². The minimum atomic E-state index is -4.96. The fourth-order valence-electron chi connectivity index (χ4n) is 11.2. The molecule has 0 aliphatic heterocycles. The van der Waals surface area contributed by atoms with Crippen LogP contribution < -0.4 is 0 Å². The molecule has 0 saturated carbocycles. The Labute approximate surface area is 568 Å². The standard InChI is InChI=1S/C74H144O17P2/c1-8-10-11-12-13-14-15-16-21-24-27-33-41-48-55-71(76)84-61-69(90-73(78)57-50-43-34-28-25-22-19-17-18-20-23-26-31-38-45-52-65(3)4)63-88-92(80,81)86-59-68(75)60-87-93(82,83)89-64-70(62-85-72(77)56-49-42-37-36-39-46-53-66(5)6)91-74(79)58-51-44-35-30-29-32-40-47-54-67(7)9-2/h65-70,75H,8-64H2,1-7H3,(H,80,81)(H,82,83)/t67?,68-,69-,70-/m1/s1. The van der Waals surface area contributed by atoms with Crippen molar-refractivity contribution in [1.29, 1.82) is 0 Å². The average Bonchev–Trinajstić information content (AvgIpc) is 3.42. The maximum Gasteiger partial charge on any atom is 0.472 e. The summed E-state index contributed by atoms with van der Waals surface area (Å²) < 4.78 is 68.4. The Hall–Kier alpha value is -1.94. The van der Waals surface area contributed by atoms with Crippen LogP contribution in [0.1, 0.15) is 376 Å². The summed E-state index contributed by atoms with van der Waals surface area (Å²) in [6.07, 6.45) is 50.0. The monoisotopic (exact) mass is 1370 g/mol. The molecule has 0 saturated heterocycles. The molecule has 3 unspecified atom stereocenters. The van der Waals surface area contributed by atoms with Gasteiger partial charge in [-0.2, -0.15) is 0 Å². The number of aliphatic hydroxyl groups excluding tert-OH is 1. The second-order valence-corrected chi connectivity index (χ2v) is 30.8. The zero-order chi connectivity index (χ0) is 68.7. The molecule has 0 amide bonds. The highest BCUT2D eigenvalue weighted by atomic mass is 31.2. The number of hydrogen-bond acceptors (Lipinski definition) is 15. The summed E-state index contributed by atoms with van der Waals surface area (Å²) in [5.41, 5.74) is 0. The van der Waals surface area contributed by atoms with Gasteiger partial charge in [-0.3, -0.25) is 37.3 Å². The summed E-state index contributed by atoms with van der Waals surface area (Å²) in [6.45, 7) is 11.8. The first-order valence-corrected chi connectivity index (χ1v) is 41.4. The lowest BCUT2D eigenvalue weighted by molar-refractivity contribution is -0.161. The van der Waals surface area contributed by atoms with Crippen molar-refractivity contribution in [2.45, 2.75) is 394 Å². The van der Waals surface area contributed by atoms with Crippen LogP contribution in [-0.2, 0) is 65.4 Å². The molecule has 6 atom stereocenters. The number of rotatable bonds is 72. The molecule has 0 radical (unpaired) electrons. The van der Waals surface area contributed by atoms with E-state index in [-0.39, 0.29) is 25.7 Å². The predicted molar refractivity (Wildman–Crippen MR) is 377 cm³/mol. The van der Waals surface area contributed by atoms with Crippen LogP contribution in [0.3, 0.4) is 0 Å². The predicted octanol–water partition coefficient (Wildman–Crippen LogP) is 21.4. The van der Waals surface area contributed by atoms with Crippen molar-refractivity contribution in [2.24, 2.45) is 17.8 Å². The highest BCUT2D eigenvalue weighted by molar-refractivity contribution is 7.47. The van der Waals surface area contributed by atoms with Crippen molar-refractivity contribution in [3.05, 3.63) is 0 Å². The Morgan fingerprint density at radius 2 is 0.548 bits per heavy atom. The van der Waals surface area contributed by atoms with Gasteiger partial charge in [-0.05, 0) is 43.4 Å². The van der Waals surface area contributed by atoms with Gasteiger partial charge in [-0.25, -0.2) is 9.13 Å². The fourth-order valence-corrected chi connectivity index (χ4v) is 12.8. The van der Waals surface area contributed by atoms with Gasteiger partial charge in [-0.15, -0.1) is 0 Å². The fraction of sp³-hybridized carbons (Fsp3) is 0.946. The molecule has 0 aliphatic rings. The van der Waals surface area contributed by atoms with Gasteiger partial charge in [0, 0.05) is 25.7 Å². The number of aliphatic hydroxyl groups is 1. The van der Waals surface area contributed by atoms with Crippen LogP contribution in [0.2, 0.25) is 0 Å². The minimum Gasteiger partial charge on any atom is -0.462 e. The van der Waals surface area contributed by atoms with Gasteiger partial charge in [0.15, 0.2) is 12.2 Å². The Morgan fingerprint density at radius 1 is 0.312 bits per heavy atom. The minimum absolute atomic E-state index is 0.104. The van der Waals surface area contributed by atoms with Crippen LogP contribution in [0.5, 0.6) is 0 Å². The summed E-state index contributed by atoms with van der Waals surface area (Å²) in [4.78, 5) is 72.7. The Bertz CT molecular complexity index is 1820. The molecule has 0 heterocycles. The van der Waals surface area contributed by atoms with Crippen LogP contribution in [-0.4, -0.2) is 96.7 Å². The Morgan fingerprint density at radius 3 is 0.817 bits per heavy atom. The second kappa shape index (κ2) is 64.7. The number of carbonyl (C=O) groups excluding carboxylic acids is 4. The molecule has 3 N–H and O–H groups in total. The molecule has 0 spiro atoms. The van der Waals surface area contributed by atoms with Crippen molar-refractivity contribution >= 4 is 39.5 Å². The van der Waals surface area contributed by atoms with Crippen LogP contribution in [0.15, 0.2) is 0 Å². The van der Waals surface area contributed by atoms with Crippen molar-refractivity contribution in [1.82, 2.24) is 0 Å². The molecule has 0 aromatic rings. The van der Waals surface area contributed by atoms with Crippen LogP contribution in [0.4, 0.5) is 0 Å². The van der Waals surface area contributed by atoms with Crippen molar-refractivity contribution in [2.75, 3.05) is 39.6 Å². The molecule has 0 aliphatic carbocycles. The molecule has 93 heavy (non-hydrogen) atoms. The largest absolute Gasteiger partial charge is 0.472 e. The quantitative estimate of drug-likeness (QED) is 0.0222. The molecular weight excluding hydrogens is 1220 g/mol. The molecule has 0 fully saturated rings. The van der Waals surface area contributed by atoms with Gasteiger partial charge in [0.25, 0.3) is 0 Å². The van der Waals surface area contributed by atoms with E-state index < -0.39 is 97.5 Å².